The molecule has 22 heavy (non-hydrogen) atoms. The molecule has 0 spiro atoms. The summed E-state index contributed by atoms with van der Waals surface area (Å²) in [4.78, 5) is 3.43. The maximum absolute atomic E-state index is 13.8. The zero-order valence-corrected chi connectivity index (χ0v) is 13.8. The average Bonchev–Trinajstić information content (AvgIpc) is 2.46. The van der Waals surface area contributed by atoms with Gasteiger partial charge in [-0.25, -0.2) is 4.39 Å². The van der Waals surface area contributed by atoms with Gasteiger partial charge in [-0.05, 0) is 32.9 Å². The predicted octanol–water partition coefficient (Wildman–Crippen LogP) is 0.707. The van der Waals surface area contributed by atoms with Crippen LogP contribution in [-0.2, 0) is 4.74 Å². The van der Waals surface area contributed by atoms with E-state index in [-0.39, 0.29) is 11.4 Å². The number of piperazine rings is 1. The minimum Gasteiger partial charge on any atom is -0.385 e. The SMILES string of the molecule is CC(C)(C)OC[C@@H](O)C[NH+]1CCN(c2ccccc2F)CC1. The molecule has 0 aliphatic carbocycles. The first-order valence-corrected chi connectivity index (χ1v) is 8.00. The van der Waals surface area contributed by atoms with E-state index in [0.717, 1.165) is 26.2 Å². The lowest BCUT2D eigenvalue weighted by Crippen LogP contribution is -3.16. The van der Waals surface area contributed by atoms with E-state index >= 15 is 0 Å². The number of hydrogen-bond donors (Lipinski definition) is 2. The van der Waals surface area contributed by atoms with Crippen LogP contribution in [0.25, 0.3) is 0 Å². The van der Waals surface area contributed by atoms with E-state index in [0.29, 0.717) is 18.8 Å². The summed E-state index contributed by atoms with van der Waals surface area (Å²) in [5, 5.41) is 10.1. The van der Waals surface area contributed by atoms with E-state index in [1.54, 1.807) is 6.07 Å². The number of quaternary nitrogens is 1. The second-order valence-electron chi connectivity index (χ2n) is 6.97. The van der Waals surface area contributed by atoms with Crippen LogP contribution in [0.2, 0.25) is 0 Å². The van der Waals surface area contributed by atoms with Gasteiger partial charge in [0.05, 0.1) is 44.1 Å². The van der Waals surface area contributed by atoms with Crippen molar-refractivity contribution >= 4 is 5.69 Å². The number of nitrogens with zero attached hydrogens (tertiary/aromatic N) is 1. The molecule has 0 bridgehead atoms. The summed E-state index contributed by atoms with van der Waals surface area (Å²) in [6.07, 6.45) is -0.450. The summed E-state index contributed by atoms with van der Waals surface area (Å²) in [6.45, 7) is 10.4. The van der Waals surface area contributed by atoms with Crippen LogP contribution in [-0.4, -0.2) is 56.1 Å². The maximum Gasteiger partial charge on any atom is 0.146 e. The zero-order chi connectivity index (χ0) is 16.2. The normalized spacial score (nSPS) is 18.5. The first kappa shape index (κ1) is 17.2. The Morgan fingerprint density at radius 1 is 1.27 bits per heavy atom. The predicted molar refractivity (Wildman–Crippen MR) is 85.9 cm³/mol. The van der Waals surface area contributed by atoms with Gasteiger partial charge in [0.1, 0.15) is 18.5 Å². The summed E-state index contributed by atoms with van der Waals surface area (Å²) in [5.74, 6) is -0.162. The number of ether oxygens (including phenoxy) is 1. The molecule has 1 aliphatic heterocycles. The number of halogens is 1. The van der Waals surface area contributed by atoms with Crippen LogP contribution >= 0.6 is 0 Å². The first-order chi connectivity index (χ1) is 10.3. The Bertz CT molecular complexity index is 468. The molecule has 4 nitrogen and oxygen atoms in total. The Morgan fingerprint density at radius 3 is 2.50 bits per heavy atom. The van der Waals surface area contributed by atoms with E-state index in [1.165, 1.54) is 11.0 Å². The van der Waals surface area contributed by atoms with Gasteiger partial charge in [0.25, 0.3) is 0 Å². The number of nitrogens with one attached hydrogen (secondary N) is 1. The van der Waals surface area contributed by atoms with Crippen molar-refractivity contribution in [1.82, 2.24) is 0 Å². The summed E-state index contributed by atoms with van der Waals surface area (Å²) in [7, 11) is 0. The van der Waals surface area contributed by atoms with Gasteiger partial charge in [0, 0.05) is 0 Å². The highest BCUT2D eigenvalue weighted by Crippen LogP contribution is 2.18. The Kier molecular flexibility index (Phi) is 5.78. The van der Waals surface area contributed by atoms with Crippen molar-refractivity contribution in [3.05, 3.63) is 30.1 Å². The molecular weight excluding hydrogens is 283 g/mol. The van der Waals surface area contributed by atoms with Crippen LogP contribution < -0.4 is 9.80 Å². The largest absolute Gasteiger partial charge is 0.385 e. The first-order valence-electron chi connectivity index (χ1n) is 8.00. The number of anilines is 1. The number of aliphatic hydroxyl groups excluding tert-OH is 1. The second kappa shape index (κ2) is 7.40. The summed E-state index contributed by atoms with van der Waals surface area (Å²) in [6, 6.07) is 6.91. The van der Waals surface area contributed by atoms with Gasteiger partial charge >= 0.3 is 0 Å². The van der Waals surface area contributed by atoms with E-state index in [4.69, 9.17) is 4.74 Å². The molecule has 0 unspecified atom stereocenters. The van der Waals surface area contributed by atoms with Gasteiger partial charge in [-0.3, -0.25) is 0 Å². The van der Waals surface area contributed by atoms with Crippen molar-refractivity contribution in [3.8, 4) is 0 Å². The molecular formula is C17H28FN2O2+. The molecule has 2 rings (SSSR count). The third-order valence-corrected chi connectivity index (χ3v) is 3.90. The van der Waals surface area contributed by atoms with E-state index in [1.807, 2.05) is 32.9 Å². The number of aliphatic hydroxyl groups is 1. The van der Waals surface area contributed by atoms with Gasteiger partial charge < -0.3 is 19.6 Å². The smallest absolute Gasteiger partial charge is 0.146 e. The van der Waals surface area contributed by atoms with E-state index in [2.05, 4.69) is 4.90 Å². The third-order valence-electron chi connectivity index (χ3n) is 3.90. The van der Waals surface area contributed by atoms with Gasteiger partial charge in [0.2, 0.25) is 0 Å². The lowest BCUT2D eigenvalue weighted by molar-refractivity contribution is -0.903. The van der Waals surface area contributed by atoms with E-state index in [9.17, 15) is 9.50 Å². The summed E-state index contributed by atoms with van der Waals surface area (Å²) >= 11 is 0. The Labute approximate surface area is 132 Å². The van der Waals surface area contributed by atoms with Crippen LogP contribution in [0.4, 0.5) is 10.1 Å². The fraction of sp³-hybridized carbons (Fsp3) is 0.647. The van der Waals surface area contributed by atoms with Crippen molar-refractivity contribution < 1.29 is 19.1 Å². The second-order valence-corrected chi connectivity index (χ2v) is 6.97. The van der Waals surface area contributed by atoms with Crippen molar-refractivity contribution in [2.24, 2.45) is 0 Å². The molecule has 2 N–H and O–H groups in total. The minimum absolute atomic E-state index is 0.162. The van der Waals surface area contributed by atoms with Crippen molar-refractivity contribution in [2.75, 3.05) is 44.2 Å². The Balaban J connectivity index is 1.77. The molecule has 0 aromatic heterocycles. The molecule has 1 saturated heterocycles. The van der Waals surface area contributed by atoms with Crippen molar-refractivity contribution in [1.29, 1.82) is 0 Å². The van der Waals surface area contributed by atoms with Crippen LogP contribution in [0.3, 0.4) is 0 Å². The van der Waals surface area contributed by atoms with Crippen LogP contribution in [0.15, 0.2) is 24.3 Å². The topological polar surface area (TPSA) is 37.1 Å². The fourth-order valence-corrected chi connectivity index (χ4v) is 2.71. The molecule has 1 heterocycles. The van der Waals surface area contributed by atoms with Gasteiger partial charge in [0.15, 0.2) is 0 Å². The monoisotopic (exact) mass is 311 g/mol. The van der Waals surface area contributed by atoms with Gasteiger partial charge in [-0.15, -0.1) is 0 Å². The molecule has 1 aromatic rings. The number of rotatable bonds is 5. The van der Waals surface area contributed by atoms with Crippen molar-refractivity contribution in [3.63, 3.8) is 0 Å². The highest BCUT2D eigenvalue weighted by Gasteiger charge is 2.24. The van der Waals surface area contributed by atoms with Crippen LogP contribution in [0.5, 0.6) is 0 Å². The summed E-state index contributed by atoms with van der Waals surface area (Å²) < 4.78 is 19.4. The molecule has 1 atom stereocenters. The molecule has 124 valence electrons. The highest BCUT2D eigenvalue weighted by molar-refractivity contribution is 5.47. The van der Waals surface area contributed by atoms with Crippen molar-refractivity contribution in [2.45, 2.75) is 32.5 Å². The minimum atomic E-state index is -0.450. The Hall–Kier alpha value is -1.17. The molecule has 5 heteroatoms. The number of benzene rings is 1. The molecule has 1 fully saturated rings. The van der Waals surface area contributed by atoms with Gasteiger partial charge in [-0.1, -0.05) is 12.1 Å². The van der Waals surface area contributed by atoms with Crippen LogP contribution in [0.1, 0.15) is 20.8 Å². The maximum atomic E-state index is 13.8. The Morgan fingerprint density at radius 2 is 1.91 bits per heavy atom. The highest BCUT2D eigenvalue weighted by atomic mass is 19.1. The lowest BCUT2D eigenvalue weighted by atomic mass is 10.2. The molecule has 1 aromatic carbocycles. The molecule has 0 amide bonds. The third kappa shape index (κ3) is 5.23. The lowest BCUT2D eigenvalue weighted by Gasteiger charge is -2.34. The van der Waals surface area contributed by atoms with Gasteiger partial charge in [-0.2, -0.15) is 0 Å². The summed E-state index contributed by atoms with van der Waals surface area (Å²) in [5.41, 5.74) is 0.456. The van der Waals surface area contributed by atoms with E-state index < -0.39 is 6.10 Å². The number of para-hydroxylation sites is 1. The quantitative estimate of drug-likeness (QED) is 0.841. The standard InChI is InChI=1S/C17H27FN2O2/c1-17(2,3)22-13-14(21)12-19-8-10-20(11-9-19)16-7-5-4-6-15(16)18/h4-7,14,21H,8-13H2,1-3H3/p+1/t14-/m0/s1. The molecule has 1 aliphatic rings. The fourth-order valence-electron chi connectivity index (χ4n) is 2.71. The molecule has 0 saturated carbocycles. The molecule has 0 radical (unpaired) electrons. The number of hydrogen-bond acceptors (Lipinski definition) is 3. The van der Waals surface area contributed by atoms with Crippen LogP contribution in [0, 0.1) is 5.82 Å². The average molecular weight is 311 g/mol. The zero-order valence-electron chi connectivity index (χ0n) is 13.8.